The van der Waals surface area contributed by atoms with Gasteiger partial charge >= 0.3 is 6.03 Å². The minimum atomic E-state index is -0.0483. The van der Waals surface area contributed by atoms with E-state index in [0.29, 0.717) is 18.1 Å². The summed E-state index contributed by atoms with van der Waals surface area (Å²) in [5.74, 6) is 0. The molecule has 2 aliphatic heterocycles. The number of carbonyl (C=O) groups is 1. The molecular formula is C12H19N5O. The van der Waals surface area contributed by atoms with Gasteiger partial charge in [-0.1, -0.05) is 0 Å². The molecule has 18 heavy (non-hydrogen) atoms. The maximum atomic E-state index is 12.2. The lowest BCUT2D eigenvalue weighted by molar-refractivity contribution is 0.0587. The van der Waals surface area contributed by atoms with Crippen LogP contribution in [0.15, 0.2) is 12.7 Å². The smallest absolute Gasteiger partial charge is 0.320 e. The van der Waals surface area contributed by atoms with Crippen molar-refractivity contribution < 1.29 is 4.79 Å². The van der Waals surface area contributed by atoms with Crippen molar-refractivity contribution in [2.45, 2.75) is 44.8 Å². The van der Waals surface area contributed by atoms with E-state index in [1.165, 1.54) is 30.2 Å². The maximum absolute atomic E-state index is 12.2. The van der Waals surface area contributed by atoms with E-state index in [0.717, 1.165) is 13.1 Å². The molecule has 0 radical (unpaired) electrons. The zero-order valence-corrected chi connectivity index (χ0v) is 10.9. The second-order valence-corrected chi connectivity index (χ2v) is 5.45. The largest absolute Gasteiger partial charge is 0.346 e. The molecule has 2 atom stereocenters. The second-order valence-electron chi connectivity index (χ2n) is 5.45. The first-order valence-corrected chi connectivity index (χ1v) is 6.58. The van der Waals surface area contributed by atoms with Crippen LogP contribution in [0.25, 0.3) is 0 Å². The van der Waals surface area contributed by atoms with E-state index in [-0.39, 0.29) is 6.03 Å². The number of carbonyl (C=O) groups excluding carboxylic acids is 1. The molecule has 0 aliphatic carbocycles. The third-order valence-electron chi connectivity index (χ3n) is 4.02. The van der Waals surface area contributed by atoms with E-state index in [1.54, 1.807) is 0 Å². The van der Waals surface area contributed by atoms with Crippen LogP contribution >= 0.6 is 0 Å². The van der Waals surface area contributed by atoms with Gasteiger partial charge in [-0.15, -0.1) is 0 Å². The van der Waals surface area contributed by atoms with Crippen LogP contribution in [0.3, 0.4) is 0 Å². The van der Waals surface area contributed by atoms with Crippen molar-refractivity contribution in [3.05, 3.63) is 12.7 Å². The van der Waals surface area contributed by atoms with Crippen LogP contribution in [-0.2, 0) is 0 Å². The average molecular weight is 249 g/mol. The summed E-state index contributed by atoms with van der Waals surface area (Å²) in [5, 5.41) is 3.92. The van der Waals surface area contributed by atoms with Crippen LogP contribution in [0, 0.1) is 0 Å². The lowest BCUT2D eigenvalue weighted by Crippen LogP contribution is -2.57. The molecule has 1 aromatic heterocycles. The Morgan fingerprint density at radius 2 is 1.94 bits per heavy atom. The number of amides is 1. The lowest BCUT2D eigenvalue weighted by Gasteiger charge is -2.42. The highest BCUT2D eigenvalue weighted by Crippen LogP contribution is 2.31. The van der Waals surface area contributed by atoms with Crippen molar-refractivity contribution in [2.24, 2.45) is 0 Å². The Balaban J connectivity index is 1.74. The zero-order valence-electron chi connectivity index (χ0n) is 10.9. The third kappa shape index (κ3) is 1.80. The monoisotopic (exact) mass is 249 g/mol. The Kier molecular flexibility index (Phi) is 2.81. The van der Waals surface area contributed by atoms with Gasteiger partial charge in [0.05, 0.1) is 0 Å². The van der Waals surface area contributed by atoms with E-state index < -0.39 is 0 Å². The van der Waals surface area contributed by atoms with Crippen LogP contribution in [0.5, 0.6) is 0 Å². The highest BCUT2D eigenvalue weighted by atomic mass is 16.2. The SMILES string of the molecule is CC(C)N1C2CCC1CN(C(=O)n1cncn1)C2. The number of fused-ring (bicyclic) bond motifs is 2. The molecule has 1 aromatic rings. The van der Waals surface area contributed by atoms with Crippen LogP contribution in [0.1, 0.15) is 26.7 Å². The first-order chi connectivity index (χ1) is 8.66. The number of likely N-dealkylation sites (tertiary alicyclic amines) is 1. The predicted molar refractivity (Wildman–Crippen MR) is 66.2 cm³/mol. The van der Waals surface area contributed by atoms with Gasteiger partial charge in [-0.2, -0.15) is 9.78 Å². The van der Waals surface area contributed by atoms with E-state index in [2.05, 4.69) is 28.8 Å². The summed E-state index contributed by atoms with van der Waals surface area (Å²) in [7, 11) is 0. The fourth-order valence-electron chi connectivity index (χ4n) is 3.39. The van der Waals surface area contributed by atoms with Crippen LogP contribution < -0.4 is 0 Å². The number of hydrogen-bond acceptors (Lipinski definition) is 4. The van der Waals surface area contributed by atoms with Gasteiger partial charge in [0.1, 0.15) is 12.7 Å². The van der Waals surface area contributed by atoms with Crippen molar-refractivity contribution >= 4 is 6.03 Å². The zero-order chi connectivity index (χ0) is 12.7. The fraction of sp³-hybridized carbons (Fsp3) is 0.750. The topological polar surface area (TPSA) is 54.3 Å². The van der Waals surface area contributed by atoms with Crippen LogP contribution in [-0.4, -0.2) is 61.8 Å². The molecule has 6 heteroatoms. The molecule has 2 fully saturated rings. The number of rotatable bonds is 1. The third-order valence-corrected chi connectivity index (χ3v) is 4.02. The summed E-state index contributed by atoms with van der Waals surface area (Å²) in [6.45, 7) is 6.10. The van der Waals surface area contributed by atoms with Gasteiger partial charge in [0.2, 0.25) is 0 Å². The molecule has 2 bridgehead atoms. The quantitative estimate of drug-likeness (QED) is 0.739. The molecule has 0 aromatic carbocycles. The molecule has 0 saturated carbocycles. The van der Waals surface area contributed by atoms with Crippen molar-refractivity contribution in [1.82, 2.24) is 24.6 Å². The van der Waals surface area contributed by atoms with Gasteiger partial charge in [0, 0.05) is 31.2 Å². The summed E-state index contributed by atoms with van der Waals surface area (Å²) in [6.07, 6.45) is 5.27. The van der Waals surface area contributed by atoms with Gasteiger partial charge in [0.25, 0.3) is 0 Å². The van der Waals surface area contributed by atoms with Crippen molar-refractivity contribution in [2.75, 3.05) is 13.1 Å². The minimum absolute atomic E-state index is 0.0483. The summed E-state index contributed by atoms with van der Waals surface area (Å²) < 4.78 is 1.32. The molecule has 3 rings (SSSR count). The number of piperazine rings is 1. The molecular weight excluding hydrogens is 230 g/mol. The van der Waals surface area contributed by atoms with Crippen molar-refractivity contribution in [1.29, 1.82) is 0 Å². The van der Waals surface area contributed by atoms with Crippen molar-refractivity contribution in [3.8, 4) is 0 Å². The first-order valence-electron chi connectivity index (χ1n) is 6.58. The van der Waals surface area contributed by atoms with E-state index >= 15 is 0 Å². The Morgan fingerprint density at radius 1 is 1.28 bits per heavy atom. The highest BCUT2D eigenvalue weighted by molar-refractivity contribution is 5.75. The summed E-state index contributed by atoms with van der Waals surface area (Å²) in [5.41, 5.74) is 0. The number of aromatic nitrogens is 3. The summed E-state index contributed by atoms with van der Waals surface area (Å²) >= 11 is 0. The molecule has 0 spiro atoms. The molecule has 1 amide bonds. The molecule has 2 aliphatic rings. The minimum Gasteiger partial charge on any atom is -0.320 e. The molecule has 3 heterocycles. The number of nitrogens with zero attached hydrogens (tertiary/aromatic N) is 5. The van der Waals surface area contributed by atoms with Crippen LogP contribution in [0.2, 0.25) is 0 Å². The Labute approximate surface area is 107 Å². The molecule has 6 nitrogen and oxygen atoms in total. The molecule has 2 unspecified atom stereocenters. The van der Waals surface area contributed by atoms with Gasteiger partial charge in [-0.05, 0) is 26.7 Å². The Hall–Kier alpha value is -1.43. The normalized spacial score (nSPS) is 28.1. The molecule has 2 saturated heterocycles. The first kappa shape index (κ1) is 11.6. The number of hydrogen-bond donors (Lipinski definition) is 0. The predicted octanol–water partition coefficient (Wildman–Crippen LogP) is 0.803. The summed E-state index contributed by atoms with van der Waals surface area (Å²) in [6, 6.07) is 1.53. The summed E-state index contributed by atoms with van der Waals surface area (Å²) in [4.78, 5) is 20.5. The van der Waals surface area contributed by atoms with Gasteiger partial charge in [-0.25, -0.2) is 9.78 Å². The Morgan fingerprint density at radius 3 is 2.44 bits per heavy atom. The van der Waals surface area contributed by atoms with E-state index in [1.807, 2.05) is 4.90 Å². The van der Waals surface area contributed by atoms with E-state index in [9.17, 15) is 4.79 Å². The van der Waals surface area contributed by atoms with Crippen molar-refractivity contribution in [3.63, 3.8) is 0 Å². The second kappa shape index (κ2) is 4.35. The average Bonchev–Trinajstić information content (AvgIpc) is 2.95. The van der Waals surface area contributed by atoms with E-state index in [4.69, 9.17) is 0 Å². The van der Waals surface area contributed by atoms with Gasteiger partial charge in [0.15, 0.2) is 0 Å². The highest BCUT2D eigenvalue weighted by Gasteiger charge is 2.42. The fourth-order valence-corrected chi connectivity index (χ4v) is 3.39. The Bertz CT molecular complexity index is 416. The van der Waals surface area contributed by atoms with Gasteiger partial charge < -0.3 is 4.90 Å². The maximum Gasteiger partial charge on any atom is 0.346 e. The van der Waals surface area contributed by atoms with Gasteiger partial charge in [-0.3, -0.25) is 4.90 Å². The lowest BCUT2D eigenvalue weighted by atomic mass is 10.1. The van der Waals surface area contributed by atoms with Crippen LogP contribution in [0.4, 0.5) is 4.79 Å². The standard InChI is InChI=1S/C12H19N5O/c1-9(2)17-10-3-4-11(17)6-15(5-10)12(18)16-8-13-7-14-16/h7-11H,3-6H2,1-2H3. The molecule has 0 N–H and O–H groups in total. The molecule has 98 valence electrons.